The molecule has 0 N–H and O–H groups in total. The number of aryl methyl sites for hydroxylation is 1. The van der Waals surface area contributed by atoms with Crippen LogP contribution in [0.2, 0.25) is 5.15 Å². The van der Waals surface area contributed by atoms with E-state index in [4.69, 9.17) is 16.3 Å². The fourth-order valence-electron chi connectivity index (χ4n) is 2.55. The van der Waals surface area contributed by atoms with Crippen LogP contribution in [0.1, 0.15) is 22.8 Å². The number of halogens is 1. The number of nitrogens with zero attached hydrogens (tertiary/aromatic N) is 2. The molecule has 0 aliphatic heterocycles. The number of pyridine rings is 2. The molecule has 0 bridgehead atoms. The third-order valence-corrected chi connectivity index (χ3v) is 3.96. The summed E-state index contributed by atoms with van der Waals surface area (Å²) >= 11 is 6.34. The Morgan fingerprint density at radius 3 is 2.61 bits per heavy atom. The van der Waals surface area contributed by atoms with E-state index in [1.165, 1.54) is 0 Å². The Morgan fingerprint density at radius 2 is 2.00 bits per heavy atom. The Hall–Kier alpha value is -2.46. The number of carbonyl (C=O) groups is 1. The number of ketones is 1. The summed E-state index contributed by atoms with van der Waals surface area (Å²) in [6.07, 6.45) is 1.68. The normalized spacial score (nSPS) is 10.8. The topological polar surface area (TPSA) is 52.1 Å². The Bertz CT molecular complexity index is 905. The molecule has 116 valence electrons. The van der Waals surface area contributed by atoms with Gasteiger partial charge in [0.05, 0.1) is 12.6 Å². The number of aromatic nitrogens is 2. The second-order valence-electron chi connectivity index (χ2n) is 5.35. The van der Waals surface area contributed by atoms with Crippen LogP contribution in [0.5, 0.6) is 5.88 Å². The van der Waals surface area contributed by atoms with Crippen LogP contribution >= 0.6 is 11.6 Å². The monoisotopic (exact) mass is 326 g/mol. The first-order valence-electron chi connectivity index (χ1n) is 7.12. The van der Waals surface area contributed by atoms with Gasteiger partial charge in [0, 0.05) is 34.3 Å². The van der Waals surface area contributed by atoms with Gasteiger partial charge in [-0.3, -0.25) is 4.79 Å². The van der Waals surface area contributed by atoms with E-state index in [1.54, 1.807) is 26.3 Å². The molecule has 0 atom stereocenters. The minimum atomic E-state index is 0.00151. The average Bonchev–Trinajstić information content (AvgIpc) is 2.53. The van der Waals surface area contributed by atoms with Crippen molar-refractivity contribution in [3.05, 3.63) is 52.8 Å². The van der Waals surface area contributed by atoms with Crippen molar-refractivity contribution in [3.63, 3.8) is 0 Å². The highest BCUT2D eigenvalue weighted by Gasteiger charge is 2.13. The summed E-state index contributed by atoms with van der Waals surface area (Å²) < 4.78 is 5.06. The highest BCUT2D eigenvalue weighted by molar-refractivity contribution is 6.32. The number of fused-ring (bicyclic) bond motifs is 1. The standard InChI is InChI=1S/C18H15ClN2O2/c1-10-6-13(11(2)22)15-8-14(18(19)21-16(15)7-10)12-4-5-17(23-3)20-9-12/h4-9H,1-3H3. The first kappa shape index (κ1) is 15.4. The van der Waals surface area contributed by atoms with Gasteiger partial charge in [0.2, 0.25) is 5.88 Å². The molecule has 0 aliphatic rings. The maximum atomic E-state index is 11.9. The van der Waals surface area contributed by atoms with Crippen LogP contribution in [0, 0.1) is 6.92 Å². The molecule has 4 nitrogen and oxygen atoms in total. The Kier molecular flexibility index (Phi) is 4.01. The molecule has 0 aliphatic carbocycles. The maximum Gasteiger partial charge on any atom is 0.212 e. The molecule has 0 spiro atoms. The molecule has 23 heavy (non-hydrogen) atoms. The van der Waals surface area contributed by atoms with Crippen molar-refractivity contribution < 1.29 is 9.53 Å². The third-order valence-electron chi connectivity index (χ3n) is 3.67. The van der Waals surface area contributed by atoms with Gasteiger partial charge >= 0.3 is 0 Å². The van der Waals surface area contributed by atoms with E-state index in [2.05, 4.69) is 9.97 Å². The lowest BCUT2D eigenvalue weighted by Crippen LogP contribution is -1.97. The van der Waals surface area contributed by atoms with Gasteiger partial charge in [-0.05, 0) is 43.7 Å². The minimum Gasteiger partial charge on any atom is -0.481 e. The zero-order valence-electron chi connectivity index (χ0n) is 13.1. The summed E-state index contributed by atoms with van der Waals surface area (Å²) in [7, 11) is 1.56. The molecule has 0 saturated heterocycles. The molecule has 2 aromatic heterocycles. The molecular weight excluding hydrogens is 312 g/mol. The smallest absolute Gasteiger partial charge is 0.212 e. The summed E-state index contributed by atoms with van der Waals surface area (Å²) in [5.41, 5.74) is 3.89. The van der Waals surface area contributed by atoms with Gasteiger partial charge < -0.3 is 4.74 Å². The SMILES string of the molecule is COc1ccc(-c2cc3c(C(C)=O)cc(C)cc3nc2Cl)cn1. The molecular formula is C18H15ClN2O2. The van der Waals surface area contributed by atoms with Crippen molar-refractivity contribution in [1.29, 1.82) is 0 Å². The van der Waals surface area contributed by atoms with Gasteiger partial charge in [-0.1, -0.05) is 11.6 Å². The van der Waals surface area contributed by atoms with E-state index in [1.807, 2.05) is 31.2 Å². The van der Waals surface area contributed by atoms with Crippen LogP contribution in [-0.2, 0) is 0 Å². The van der Waals surface area contributed by atoms with Crippen molar-refractivity contribution in [3.8, 4) is 17.0 Å². The highest BCUT2D eigenvalue weighted by Crippen LogP contribution is 2.32. The lowest BCUT2D eigenvalue weighted by molar-refractivity contribution is 0.101. The van der Waals surface area contributed by atoms with Crippen LogP contribution in [-0.4, -0.2) is 22.9 Å². The molecule has 1 aromatic carbocycles. The lowest BCUT2D eigenvalue weighted by atomic mass is 9.99. The lowest BCUT2D eigenvalue weighted by Gasteiger charge is -2.10. The predicted octanol–water partition coefficient (Wildman–Crippen LogP) is 4.47. The summed E-state index contributed by atoms with van der Waals surface area (Å²) in [5, 5.41) is 1.17. The van der Waals surface area contributed by atoms with Crippen LogP contribution in [0.15, 0.2) is 36.5 Å². The summed E-state index contributed by atoms with van der Waals surface area (Å²) in [5.74, 6) is 0.528. The molecule has 3 aromatic rings. The largest absolute Gasteiger partial charge is 0.481 e. The van der Waals surface area contributed by atoms with Crippen molar-refractivity contribution >= 4 is 28.3 Å². The first-order chi connectivity index (χ1) is 11.0. The molecule has 5 heteroatoms. The van der Waals surface area contributed by atoms with E-state index in [9.17, 15) is 4.79 Å². The summed E-state index contributed by atoms with van der Waals surface area (Å²) in [6.45, 7) is 3.49. The first-order valence-corrected chi connectivity index (χ1v) is 7.49. The Morgan fingerprint density at radius 1 is 1.22 bits per heavy atom. The summed E-state index contributed by atoms with van der Waals surface area (Å²) in [4.78, 5) is 20.6. The molecule has 0 fully saturated rings. The number of carbonyl (C=O) groups excluding carboxylic acids is 1. The quantitative estimate of drug-likeness (QED) is 0.526. The third kappa shape index (κ3) is 2.90. The molecule has 0 unspecified atom stereocenters. The van der Waals surface area contributed by atoms with E-state index in [0.717, 1.165) is 22.1 Å². The number of rotatable bonds is 3. The van der Waals surface area contributed by atoms with Crippen molar-refractivity contribution in [1.82, 2.24) is 9.97 Å². The second-order valence-corrected chi connectivity index (χ2v) is 5.71. The second kappa shape index (κ2) is 5.97. The van der Waals surface area contributed by atoms with E-state index in [-0.39, 0.29) is 5.78 Å². The van der Waals surface area contributed by atoms with Gasteiger partial charge in [0.15, 0.2) is 5.78 Å². The van der Waals surface area contributed by atoms with Gasteiger partial charge in [0.25, 0.3) is 0 Å². The highest BCUT2D eigenvalue weighted by atomic mass is 35.5. The number of ether oxygens (including phenoxy) is 1. The van der Waals surface area contributed by atoms with Gasteiger partial charge in [-0.2, -0.15) is 0 Å². The number of methoxy groups -OCH3 is 1. The van der Waals surface area contributed by atoms with Crippen molar-refractivity contribution in [2.45, 2.75) is 13.8 Å². The zero-order chi connectivity index (χ0) is 16.6. The van der Waals surface area contributed by atoms with Gasteiger partial charge in [-0.25, -0.2) is 9.97 Å². The number of hydrogen-bond donors (Lipinski definition) is 0. The average molecular weight is 327 g/mol. The Labute approximate surface area is 139 Å². The van der Waals surface area contributed by atoms with E-state index < -0.39 is 0 Å². The van der Waals surface area contributed by atoms with Gasteiger partial charge in [0.1, 0.15) is 5.15 Å². The molecule has 3 rings (SSSR count). The number of Topliss-reactive ketones (excluding diaryl/α,β-unsaturated/α-hetero) is 1. The zero-order valence-corrected chi connectivity index (χ0v) is 13.8. The number of hydrogen-bond acceptors (Lipinski definition) is 4. The fourth-order valence-corrected chi connectivity index (χ4v) is 2.80. The van der Waals surface area contributed by atoms with Crippen LogP contribution in [0.3, 0.4) is 0 Å². The predicted molar refractivity (Wildman–Crippen MR) is 91.3 cm³/mol. The van der Waals surface area contributed by atoms with E-state index >= 15 is 0 Å². The molecule has 2 heterocycles. The Balaban J connectivity index is 2.25. The van der Waals surface area contributed by atoms with Crippen LogP contribution in [0.25, 0.3) is 22.0 Å². The van der Waals surface area contributed by atoms with Crippen molar-refractivity contribution in [2.75, 3.05) is 7.11 Å². The van der Waals surface area contributed by atoms with Gasteiger partial charge in [-0.15, -0.1) is 0 Å². The molecule has 0 radical (unpaired) electrons. The maximum absolute atomic E-state index is 11.9. The molecule has 0 amide bonds. The number of benzene rings is 1. The summed E-state index contributed by atoms with van der Waals surface area (Å²) in [6, 6.07) is 9.31. The van der Waals surface area contributed by atoms with Crippen LogP contribution < -0.4 is 4.74 Å². The minimum absolute atomic E-state index is 0.00151. The van der Waals surface area contributed by atoms with E-state index in [0.29, 0.717) is 22.1 Å². The van der Waals surface area contributed by atoms with Crippen molar-refractivity contribution in [2.24, 2.45) is 0 Å². The van der Waals surface area contributed by atoms with Crippen LogP contribution in [0.4, 0.5) is 0 Å². The fraction of sp³-hybridized carbons (Fsp3) is 0.167. The molecule has 0 saturated carbocycles.